The molecule has 0 spiro atoms. The monoisotopic (exact) mass is 414 g/mol. The predicted molar refractivity (Wildman–Crippen MR) is 123 cm³/mol. The van der Waals surface area contributed by atoms with E-state index in [1.807, 2.05) is 97.9 Å². The molecule has 4 rings (SSSR count). The number of anilines is 1. The van der Waals surface area contributed by atoms with E-state index in [0.29, 0.717) is 11.0 Å². The van der Waals surface area contributed by atoms with Crippen molar-refractivity contribution in [3.05, 3.63) is 91.0 Å². The zero-order valence-corrected chi connectivity index (χ0v) is 17.7. The Labute approximate surface area is 180 Å². The average Bonchev–Trinajstić information content (AvgIpc) is 3.23. The summed E-state index contributed by atoms with van der Waals surface area (Å²) in [4.78, 5) is 19.3. The number of para-hydroxylation sites is 1. The maximum atomic E-state index is 12.9. The van der Waals surface area contributed by atoms with E-state index in [4.69, 9.17) is 9.40 Å². The molecule has 4 nitrogen and oxygen atoms in total. The lowest BCUT2D eigenvalue weighted by Gasteiger charge is -2.20. The molecule has 0 saturated carbocycles. The van der Waals surface area contributed by atoms with Crippen LogP contribution in [0.2, 0.25) is 0 Å². The number of carbonyl (C=O) groups excluding carboxylic acids is 1. The van der Waals surface area contributed by atoms with Crippen LogP contribution in [0.5, 0.6) is 0 Å². The minimum absolute atomic E-state index is 0.00748. The second-order valence-electron chi connectivity index (χ2n) is 6.88. The van der Waals surface area contributed by atoms with Gasteiger partial charge in [0, 0.05) is 23.9 Å². The van der Waals surface area contributed by atoms with Crippen molar-refractivity contribution in [1.82, 2.24) is 4.98 Å². The average molecular weight is 415 g/mol. The third kappa shape index (κ3) is 4.31. The van der Waals surface area contributed by atoms with Gasteiger partial charge in [0.1, 0.15) is 5.69 Å². The number of amides is 1. The highest BCUT2D eigenvalue weighted by atomic mass is 32.2. The smallest absolute Gasteiger partial charge is 0.257 e. The minimum Gasteiger partial charge on any atom is -0.431 e. The lowest BCUT2D eigenvalue weighted by Crippen LogP contribution is -2.33. The number of benzene rings is 3. The quantitative estimate of drug-likeness (QED) is 0.355. The Morgan fingerprint density at radius 2 is 1.40 bits per heavy atom. The van der Waals surface area contributed by atoms with Crippen LogP contribution >= 0.6 is 11.8 Å². The van der Waals surface area contributed by atoms with Crippen molar-refractivity contribution in [2.24, 2.45) is 0 Å². The topological polar surface area (TPSA) is 46.3 Å². The van der Waals surface area contributed by atoms with Crippen LogP contribution in [-0.4, -0.2) is 23.2 Å². The molecule has 30 heavy (non-hydrogen) atoms. The molecule has 1 heterocycles. The third-order valence-electron chi connectivity index (χ3n) is 4.79. The largest absolute Gasteiger partial charge is 0.431 e. The van der Waals surface area contributed by atoms with Gasteiger partial charge in [0.2, 0.25) is 5.91 Å². The number of oxazole rings is 1. The Balaban J connectivity index is 1.62. The van der Waals surface area contributed by atoms with Gasteiger partial charge in [-0.2, -0.15) is 0 Å². The SMILES string of the molecule is C[C@@H](Sc1nc(-c2ccccc2)c(-c2ccccc2)o1)C(=O)N(C)c1ccccc1. The van der Waals surface area contributed by atoms with Gasteiger partial charge in [-0.05, 0) is 19.1 Å². The number of nitrogens with zero attached hydrogens (tertiary/aromatic N) is 2. The predicted octanol–water partition coefficient (Wildman–Crippen LogP) is 6.15. The van der Waals surface area contributed by atoms with Gasteiger partial charge in [-0.1, -0.05) is 90.6 Å². The van der Waals surface area contributed by atoms with Crippen LogP contribution in [0.4, 0.5) is 5.69 Å². The van der Waals surface area contributed by atoms with E-state index < -0.39 is 0 Å². The Morgan fingerprint density at radius 1 is 0.867 bits per heavy atom. The summed E-state index contributed by atoms with van der Waals surface area (Å²) in [7, 11) is 1.79. The minimum atomic E-state index is -0.346. The van der Waals surface area contributed by atoms with Gasteiger partial charge in [-0.3, -0.25) is 4.79 Å². The molecule has 4 aromatic rings. The molecular weight excluding hydrogens is 392 g/mol. The van der Waals surface area contributed by atoms with E-state index >= 15 is 0 Å². The Morgan fingerprint density at radius 3 is 2.00 bits per heavy atom. The highest BCUT2D eigenvalue weighted by molar-refractivity contribution is 8.00. The second-order valence-corrected chi connectivity index (χ2v) is 8.17. The van der Waals surface area contributed by atoms with Crippen molar-refractivity contribution in [2.45, 2.75) is 17.4 Å². The van der Waals surface area contributed by atoms with Crippen LogP contribution in [0.1, 0.15) is 6.92 Å². The van der Waals surface area contributed by atoms with Crippen LogP contribution in [0.3, 0.4) is 0 Å². The molecule has 5 heteroatoms. The highest BCUT2D eigenvalue weighted by Gasteiger charge is 2.24. The summed E-state index contributed by atoms with van der Waals surface area (Å²) in [6.45, 7) is 1.88. The fourth-order valence-electron chi connectivity index (χ4n) is 3.18. The normalized spacial score (nSPS) is 11.8. The number of thioether (sulfide) groups is 1. The lowest BCUT2D eigenvalue weighted by molar-refractivity contribution is -0.117. The summed E-state index contributed by atoms with van der Waals surface area (Å²) in [5.74, 6) is 0.701. The van der Waals surface area contributed by atoms with Crippen LogP contribution in [-0.2, 0) is 4.79 Å². The van der Waals surface area contributed by atoms with Crippen molar-refractivity contribution in [3.8, 4) is 22.6 Å². The van der Waals surface area contributed by atoms with Crippen molar-refractivity contribution in [2.75, 3.05) is 11.9 Å². The molecule has 3 aromatic carbocycles. The number of rotatable bonds is 6. The van der Waals surface area contributed by atoms with Gasteiger partial charge in [-0.15, -0.1) is 0 Å². The first kappa shape index (κ1) is 20.0. The summed E-state index contributed by atoms with van der Waals surface area (Å²) in [5, 5.41) is 0.135. The number of carbonyl (C=O) groups is 1. The first-order chi connectivity index (χ1) is 14.6. The molecule has 150 valence electrons. The van der Waals surface area contributed by atoms with Gasteiger partial charge < -0.3 is 9.32 Å². The number of hydrogen-bond acceptors (Lipinski definition) is 4. The van der Waals surface area contributed by atoms with Crippen LogP contribution in [0.25, 0.3) is 22.6 Å². The summed E-state index contributed by atoms with van der Waals surface area (Å²) in [6.07, 6.45) is 0. The Bertz CT molecular complexity index is 1050. The standard InChI is InChI=1S/C25H22N2O2S/c1-18(24(28)27(2)21-16-10-5-11-17-21)30-25-26-22(19-12-6-3-7-13-19)23(29-25)20-14-8-4-9-15-20/h3-18H,1-2H3/t18-/m1/s1. The van der Waals surface area contributed by atoms with E-state index in [0.717, 1.165) is 22.5 Å². The van der Waals surface area contributed by atoms with Crippen LogP contribution in [0, 0.1) is 0 Å². The maximum Gasteiger partial charge on any atom is 0.257 e. The molecule has 0 radical (unpaired) electrons. The summed E-state index contributed by atoms with van der Waals surface area (Å²) in [6, 6.07) is 29.5. The lowest BCUT2D eigenvalue weighted by atomic mass is 10.1. The molecule has 0 aliphatic rings. The second kappa shape index (κ2) is 9.01. The van der Waals surface area contributed by atoms with Gasteiger partial charge in [0.15, 0.2) is 5.76 Å². The van der Waals surface area contributed by atoms with E-state index in [1.165, 1.54) is 11.8 Å². The summed E-state index contributed by atoms with van der Waals surface area (Å²) >= 11 is 1.33. The maximum absolute atomic E-state index is 12.9. The third-order valence-corrected chi connectivity index (χ3v) is 5.72. The molecule has 1 aromatic heterocycles. The molecule has 0 bridgehead atoms. The molecule has 0 N–H and O–H groups in total. The van der Waals surface area contributed by atoms with E-state index in [1.54, 1.807) is 11.9 Å². The summed E-state index contributed by atoms with van der Waals surface area (Å²) in [5.41, 5.74) is 3.57. The van der Waals surface area contributed by atoms with Crippen molar-refractivity contribution < 1.29 is 9.21 Å². The molecule has 0 aliphatic carbocycles. The zero-order chi connectivity index (χ0) is 20.9. The van der Waals surface area contributed by atoms with E-state index in [2.05, 4.69) is 0 Å². The first-order valence-corrected chi connectivity index (χ1v) is 10.6. The molecule has 1 atom stereocenters. The molecule has 0 aliphatic heterocycles. The highest BCUT2D eigenvalue weighted by Crippen LogP contribution is 2.37. The van der Waals surface area contributed by atoms with Crippen LogP contribution in [0.15, 0.2) is 101 Å². The Hall–Kier alpha value is -3.31. The molecule has 0 unspecified atom stereocenters. The fourth-order valence-corrected chi connectivity index (χ4v) is 4.02. The van der Waals surface area contributed by atoms with Crippen molar-refractivity contribution in [3.63, 3.8) is 0 Å². The zero-order valence-electron chi connectivity index (χ0n) is 16.9. The van der Waals surface area contributed by atoms with Gasteiger partial charge in [0.25, 0.3) is 5.22 Å². The summed E-state index contributed by atoms with van der Waals surface area (Å²) < 4.78 is 6.14. The van der Waals surface area contributed by atoms with Gasteiger partial charge in [0.05, 0.1) is 5.25 Å². The van der Waals surface area contributed by atoms with Crippen molar-refractivity contribution in [1.29, 1.82) is 0 Å². The molecule has 0 saturated heterocycles. The van der Waals surface area contributed by atoms with Crippen molar-refractivity contribution >= 4 is 23.4 Å². The Kier molecular flexibility index (Phi) is 6.00. The molecule has 0 fully saturated rings. The number of hydrogen-bond donors (Lipinski definition) is 0. The van der Waals surface area contributed by atoms with Gasteiger partial charge in [-0.25, -0.2) is 4.98 Å². The first-order valence-electron chi connectivity index (χ1n) is 9.74. The van der Waals surface area contributed by atoms with Gasteiger partial charge >= 0.3 is 0 Å². The fraction of sp³-hybridized carbons (Fsp3) is 0.120. The van der Waals surface area contributed by atoms with E-state index in [-0.39, 0.29) is 11.2 Å². The molecule has 1 amide bonds. The van der Waals surface area contributed by atoms with E-state index in [9.17, 15) is 4.79 Å². The molecular formula is C25H22N2O2S. The van der Waals surface area contributed by atoms with Crippen LogP contribution < -0.4 is 4.90 Å². The number of aromatic nitrogens is 1.